The summed E-state index contributed by atoms with van der Waals surface area (Å²) in [6, 6.07) is 0. The highest BCUT2D eigenvalue weighted by atomic mass is 32.2. The average Bonchev–Trinajstić information content (AvgIpc) is 2.74. The van der Waals surface area contributed by atoms with Crippen LogP contribution in [0.25, 0.3) is 0 Å². The van der Waals surface area contributed by atoms with Gasteiger partial charge in [0, 0.05) is 19.6 Å². The zero-order valence-electron chi connectivity index (χ0n) is 11.4. The quantitative estimate of drug-likeness (QED) is 0.805. The Kier molecular flexibility index (Phi) is 3.69. The summed E-state index contributed by atoms with van der Waals surface area (Å²) >= 11 is 0. The minimum absolute atomic E-state index is 0.209. The SMILES string of the molecule is Cc1[nH]ncc1S(=O)(=O)N1CC(CN)OC(C)(C)C1. The van der Waals surface area contributed by atoms with Crippen molar-refractivity contribution in [2.45, 2.75) is 37.4 Å². The van der Waals surface area contributed by atoms with Gasteiger partial charge in [0.1, 0.15) is 4.90 Å². The highest BCUT2D eigenvalue weighted by Crippen LogP contribution is 2.26. The number of aromatic amines is 1. The Morgan fingerprint density at radius 2 is 2.32 bits per heavy atom. The number of hydrogen-bond acceptors (Lipinski definition) is 5. The largest absolute Gasteiger partial charge is 0.368 e. The number of nitrogens with two attached hydrogens (primary N) is 1. The van der Waals surface area contributed by atoms with Crippen molar-refractivity contribution in [1.29, 1.82) is 0 Å². The van der Waals surface area contributed by atoms with Crippen LogP contribution >= 0.6 is 0 Å². The van der Waals surface area contributed by atoms with Crippen LogP contribution in [0.5, 0.6) is 0 Å². The van der Waals surface area contributed by atoms with E-state index in [2.05, 4.69) is 10.2 Å². The first-order chi connectivity index (χ1) is 8.76. The van der Waals surface area contributed by atoms with Crippen molar-refractivity contribution in [3.05, 3.63) is 11.9 Å². The summed E-state index contributed by atoms with van der Waals surface area (Å²) in [5.41, 5.74) is 5.60. The lowest BCUT2D eigenvalue weighted by molar-refractivity contribution is -0.112. The number of aryl methyl sites for hydroxylation is 1. The number of hydrogen-bond donors (Lipinski definition) is 2. The van der Waals surface area contributed by atoms with Crippen molar-refractivity contribution in [3.63, 3.8) is 0 Å². The van der Waals surface area contributed by atoms with E-state index in [1.165, 1.54) is 10.5 Å². The van der Waals surface area contributed by atoms with E-state index in [-0.39, 0.29) is 17.5 Å². The van der Waals surface area contributed by atoms with Gasteiger partial charge in [-0.2, -0.15) is 9.40 Å². The minimum atomic E-state index is -3.56. The monoisotopic (exact) mass is 288 g/mol. The van der Waals surface area contributed by atoms with Crippen molar-refractivity contribution < 1.29 is 13.2 Å². The van der Waals surface area contributed by atoms with Crippen molar-refractivity contribution in [2.24, 2.45) is 5.73 Å². The van der Waals surface area contributed by atoms with Gasteiger partial charge >= 0.3 is 0 Å². The predicted molar refractivity (Wildman–Crippen MR) is 70.1 cm³/mol. The van der Waals surface area contributed by atoms with Gasteiger partial charge in [0.15, 0.2) is 0 Å². The third-order valence-corrected chi connectivity index (χ3v) is 5.04. The molecule has 7 nitrogen and oxygen atoms in total. The van der Waals surface area contributed by atoms with Crippen molar-refractivity contribution in [3.8, 4) is 0 Å². The normalized spacial score (nSPS) is 24.5. The molecule has 1 saturated heterocycles. The molecule has 19 heavy (non-hydrogen) atoms. The molecule has 1 aromatic rings. The summed E-state index contributed by atoms with van der Waals surface area (Å²) in [6.07, 6.45) is 1.05. The molecular formula is C11H20N4O3S. The Morgan fingerprint density at radius 1 is 1.63 bits per heavy atom. The van der Waals surface area contributed by atoms with Gasteiger partial charge in [-0.1, -0.05) is 0 Å². The molecule has 1 aliphatic heterocycles. The van der Waals surface area contributed by atoms with Gasteiger partial charge in [-0.05, 0) is 20.8 Å². The van der Waals surface area contributed by atoms with Crippen molar-refractivity contribution in [2.75, 3.05) is 19.6 Å². The van der Waals surface area contributed by atoms with Crippen LogP contribution in [0, 0.1) is 6.92 Å². The molecule has 0 saturated carbocycles. The average molecular weight is 288 g/mol. The Labute approximate surface area is 113 Å². The molecule has 1 atom stereocenters. The summed E-state index contributed by atoms with van der Waals surface area (Å²) in [6.45, 7) is 6.27. The van der Waals surface area contributed by atoms with Gasteiger partial charge in [0.05, 0.1) is 23.6 Å². The Balaban J connectivity index is 2.33. The fourth-order valence-corrected chi connectivity index (χ4v) is 4.03. The molecule has 2 heterocycles. The Hall–Kier alpha value is -0.960. The van der Waals surface area contributed by atoms with E-state index < -0.39 is 15.6 Å². The fourth-order valence-electron chi connectivity index (χ4n) is 2.29. The molecule has 0 bridgehead atoms. The van der Waals surface area contributed by atoms with E-state index in [0.29, 0.717) is 18.8 Å². The highest BCUT2D eigenvalue weighted by molar-refractivity contribution is 7.89. The Morgan fingerprint density at radius 3 is 2.84 bits per heavy atom. The summed E-state index contributed by atoms with van der Waals surface area (Å²) in [5, 5.41) is 6.42. The van der Waals surface area contributed by atoms with Crippen molar-refractivity contribution in [1.82, 2.24) is 14.5 Å². The van der Waals surface area contributed by atoms with Crippen LogP contribution in [0.1, 0.15) is 19.5 Å². The van der Waals surface area contributed by atoms with Crippen LogP contribution in [0.3, 0.4) is 0 Å². The van der Waals surface area contributed by atoms with Crippen LogP contribution < -0.4 is 5.73 Å². The lowest BCUT2D eigenvalue weighted by atomic mass is 10.1. The molecule has 0 aliphatic carbocycles. The molecule has 1 fully saturated rings. The second-order valence-electron chi connectivity index (χ2n) is 5.39. The van der Waals surface area contributed by atoms with Gasteiger partial charge in [-0.15, -0.1) is 0 Å². The van der Waals surface area contributed by atoms with E-state index in [4.69, 9.17) is 10.5 Å². The first-order valence-corrected chi connectivity index (χ1v) is 7.58. The van der Waals surface area contributed by atoms with Gasteiger partial charge in [0.2, 0.25) is 10.0 Å². The Bertz CT molecular complexity index is 552. The molecule has 2 rings (SSSR count). The first kappa shape index (κ1) is 14.4. The number of morpholine rings is 1. The lowest BCUT2D eigenvalue weighted by Crippen LogP contribution is -2.56. The van der Waals surface area contributed by atoms with E-state index in [1.807, 2.05) is 13.8 Å². The maximum Gasteiger partial charge on any atom is 0.246 e. The van der Waals surface area contributed by atoms with Gasteiger partial charge in [-0.25, -0.2) is 8.42 Å². The first-order valence-electron chi connectivity index (χ1n) is 6.14. The van der Waals surface area contributed by atoms with Crippen LogP contribution in [0.2, 0.25) is 0 Å². The maximum atomic E-state index is 12.6. The second-order valence-corrected chi connectivity index (χ2v) is 7.30. The predicted octanol–water partition coefficient (Wildman–Crippen LogP) is -0.155. The number of H-pyrrole nitrogens is 1. The third-order valence-electron chi connectivity index (χ3n) is 3.11. The molecule has 108 valence electrons. The molecule has 0 amide bonds. The van der Waals surface area contributed by atoms with Crippen LogP contribution in [-0.2, 0) is 14.8 Å². The van der Waals surface area contributed by atoms with Gasteiger partial charge in [-0.3, -0.25) is 5.10 Å². The van der Waals surface area contributed by atoms with Gasteiger partial charge < -0.3 is 10.5 Å². The molecule has 0 radical (unpaired) electrons. The smallest absolute Gasteiger partial charge is 0.246 e. The number of aromatic nitrogens is 2. The number of nitrogens with zero attached hydrogens (tertiary/aromatic N) is 2. The van der Waals surface area contributed by atoms with E-state index in [1.54, 1.807) is 6.92 Å². The number of sulfonamides is 1. The number of ether oxygens (including phenoxy) is 1. The third kappa shape index (κ3) is 2.81. The molecule has 3 N–H and O–H groups in total. The molecule has 1 aliphatic rings. The summed E-state index contributed by atoms with van der Waals surface area (Å²) in [4.78, 5) is 0.209. The topological polar surface area (TPSA) is 101 Å². The lowest BCUT2D eigenvalue weighted by Gasteiger charge is -2.41. The summed E-state index contributed by atoms with van der Waals surface area (Å²) < 4.78 is 32.3. The standard InChI is InChI=1S/C11H20N4O3S/c1-8-10(5-13-14-8)19(16,17)15-6-9(4-12)18-11(2,3)7-15/h5,9H,4,6-7,12H2,1-3H3,(H,13,14). The number of nitrogens with one attached hydrogen (secondary N) is 1. The van der Waals surface area contributed by atoms with Crippen LogP contribution in [0.4, 0.5) is 0 Å². The fraction of sp³-hybridized carbons (Fsp3) is 0.727. The van der Waals surface area contributed by atoms with E-state index in [9.17, 15) is 8.42 Å². The summed E-state index contributed by atoms with van der Waals surface area (Å²) in [7, 11) is -3.56. The summed E-state index contributed by atoms with van der Waals surface area (Å²) in [5.74, 6) is 0. The van der Waals surface area contributed by atoms with E-state index >= 15 is 0 Å². The molecule has 1 aromatic heterocycles. The molecule has 0 aromatic carbocycles. The minimum Gasteiger partial charge on any atom is -0.368 e. The zero-order valence-corrected chi connectivity index (χ0v) is 12.2. The molecule has 1 unspecified atom stereocenters. The molecule has 8 heteroatoms. The van der Waals surface area contributed by atoms with Crippen molar-refractivity contribution >= 4 is 10.0 Å². The molecule has 0 spiro atoms. The van der Waals surface area contributed by atoms with E-state index in [0.717, 1.165) is 0 Å². The van der Waals surface area contributed by atoms with Crippen LogP contribution in [0.15, 0.2) is 11.1 Å². The second kappa shape index (κ2) is 4.86. The number of rotatable bonds is 3. The molecular weight excluding hydrogens is 268 g/mol. The zero-order chi connectivity index (χ0) is 14.3. The van der Waals surface area contributed by atoms with Crippen LogP contribution in [-0.4, -0.2) is 54.3 Å². The highest BCUT2D eigenvalue weighted by Gasteiger charge is 2.39. The maximum absolute atomic E-state index is 12.6. The van der Waals surface area contributed by atoms with Gasteiger partial charge in [0.25, 0.3) is 0 Å².